The van der Waals surface area contributed by atoms with Crippen LogP contribution in [0.5, 0.6) is 0 Å². The summed E-state index contributed by atoms with van der Waals surface area (Å²) in [6.45, 7) is 5.58. The molecule has 0 saturated heterocycles. The van der Waals surface area contributed by atoms with Crippen LogP contribution in [0.1, 0.15) is 76.3 Å². The predicted molar refractivity (Wildman–Crippen MR) is 113 cm³/mol. The maximum Gasteiger partial charge on any atom is 0.416 e. The zero-order valence-corrected chi connectivity index (χ0v) is 18.6. The number of esters is 1. The van der Waals surface area contributed by atoms with Gasteiger partial charge in [0.1, 0.15) is 6.10 Å². The van der Waals surface area contributed by atoms with Gasteiger partial charge in [0.25, 0.3) is 0 Å². The van der Waals surface area contributed by atoms with E-state index in [2.05, 4.69) is 5.32 Å². The van der Waals surface area contributed by atoms with E-state index in [-0.39, 0.29) is 40.4 Å². The molecule has 1 heterocycles. The maximum atomic E-state index is 14.0. The van der Waals surface area contributed by atoms with Crippen molar-refractivity contribution in [2.45, 2.75) is 77.5 Å². The molecule has 1 atom stereocenters. The van der Waals surface area contributed by atoms with Gasteiger partial charge in [-0.15, -0.1) is 0 Å². The summed E-state index contributed by atoms with van der Waals surface area (Å²) in [4.78, 5) is 26.5. The minimum absolute atomic E-state index is 0.0835. The molecule has 0 amide bonds. The number of carbonyl (C=O) groups is 2. The van der Waals surface area contributed by atoms with E-state index in [0.717, 1.165) is 31.7 Å². The fraction of sp³-hybridized carbons (Fsp3) is 0.520. The zero-order chi connectivity index (χ0) is 23.3. The van der Waals surface area contributed by atoms with Crippen LogP contribution in [0.4, 0.5) is 13.2 Å². The molecule has 7 heteroatoms. The lowest BCUT2D eigenvalue weighted by atomic mass is 9.68. The van der Waals surface area contributed by atoms with Gasteiger partial charge in [-0.1, -0.05) is 32.0 Å². The average molecular weight is 447 g/mol. The van der Waals surface area contributed by atoms with Crippen LogP contribution in [-0.2, 0) is 20.5 Å². The highest BCUT2D eigenvalue weighted by Gasteiger charge is 2.46. The van der Waals surface area contributed by atoms with Gasteiger partial charge in [0.2, 0.25) is 0 Å². The van der Waals surface area contributed by atoms with Crippen LogP contribution in [0.25, 0.3) is 0 Å². The third kappa shape index (κ3) is 4.21. The molecule has 172 valence electrons. The number of carbonyl (C=O) groups excluding carboxylic acids is 2. The molecule has 1 N–H and O–H groups in total. The molecule has 0 bridgehead atoms. The van der Waals surface area contributed by atoms with Crippen LogP contribution in [0.2, 0.25) is 0 Å². The number of benzene rings is 1. The molecule has 1 aromatic carbocycles. The van der Waals surface area contributed by atoms with Crippen molar-refractivity contribution in [2.75, 3.05) is 0 Å². The van der Waals surface area contributed by atoms with E-state index in [4.69, 9.17) is 4.74 Å². The molecule has 0 spiro atoms. The Hall–Kier alpha value is -2.57. The first kappa shape index (κ1) is 22.6. The van der Waals surface area contributed by atoms with Gasteiger partial charge >= 0.3 is 12.1 Å². The maximum absolute atomic E-state index is 14.0. The van der Waals surface area contributed by atoms with Crippen LogP contribution in [0, 0.1) is 5.41 Å². The highest BCUT2D eigenvalue weighted by atomic mass is 19.4. The van der Waals surface area contributed by atoms with Gasteiger partial charge in [-0.3, -0.25) is 4.79 Å². The van der Waals surface area contributed by atoms with Gasteiger partial charge < -0.3 is 10.1 Å². The minimum Gasteiger partial charge on any atom is -0.459 e. The number of hydrogen-bond acceptors (Lipinski definition) is 4. The summed E-state index contributed by atoms with van der Waals surface area (Å²) in [7, 11) is 0. The zero-order valence-electron chi connectivity index (χ0n) is 18.6. The second-order valence-corrected chi connectivity index (χ2v) is 9.83. The van der Waals surface area contributed by atoms with Crippen molar-refractivity contribution >= 4 is 11.8 Å². The summed E-state index contributed by atoms with van der Waals surface area (Å²) < 4.78 is 47.6. The number of nitrogens with one attached hydrogen (secondary N) is 1. The first-order valence-electron chi connectivity index (χ1n) is 11.1. The van der Waals surface area contributed by atoms with Gasteiger partial charge in [-0.05, 0) is 56.1 Å². The van der Waals surface area contributed by atoms with Gasteiger partial charge in [0, 0.05) is 29.3 Å². The molecule has 4 nitrogen and oxygen atoms in total. The summed E-state index contributed by atoms with van der Waals surface area (Å²) >= 11 is 0. The van der Waals surface area contributed by atoms with Crippen LogP contribution >= 0.6 is 0 Å². The molecule has 1 aromatic rings. The number of halogens is 3. The van der Waals surface area contributed by atoms with Crippen molar-refractivity contribution in [3.05, 3.63) is 57.9 Å². The van der Waals surface area contributed by atoms with E-state index in [0.29, 0.717) is 17.8 Å². The lowest BCUT2D eigenvalue weighted by molar-refractivity contribution is -0.145. The number of dihydropyridines is 1. The number of ketones is 1. The van der Waals surface area contributed by atoms with E-state index >= 15 is 0 Å². The van der Waals surface area contributed by atoms with Crippen molar-refractivity contribution in [1.29, 1.82) is 0 Å². The number of allylic oxidation sites excluding steroid dienone is 3. The molecule has 3 aliphatic rings. The smallest absolute Gasteiger partial charge is 0.416 e. The molecule has 4 rings (SSSR count). The van der Waals surface area contributed by atoms with Gasteiger partial charge in [-0.2, -0.15) is 13.2 Å². The molecule has 32 heavy (non-hydrogen) atoms. The first-order valence-corrected chi connectivity index (χ1v) is 11.1. The molecule has 1 aliphatic heterocycles. The fourth-order valence-electron chi connectivity index (χ4n) is 5.25. The van der Waals surface area contributed by atoms with Crippen molar-refractivity contribution in [1.82, 2.24) is 5.32 Å². The standard InChI is InChI=1S/C25H28F3NO3/c1-14-20(23(31)32-15-8-4-5-9-15)21(16-10-6-7-11-17(16)25(26,27)28)22-18(29-14)12-24(2,3)13-19(22)30/h6-7,10-11,15,21,29H,4-5,8-9,12-13H2,1-3H3. The molecule has 2 aliphatic carbocycles. The molecule has 0 aromatic heterocycles. The Morgan fingerprint density at radius 3 is 2.44 bits per heavy atom. The number of ether oxygens (including phenoxy) is 1. The largest absolute Gasteiger partial charge is 0.459 e. The minimum atomic E-state index is -4.62. The SMILES string of the molecule is CC1=C(C(=O)OC2CCCC2)C(c2ccccc2C(F)(F)F)C2=C(CC(C)(C)CC2=O)N1. The van der Waals surface area contributed by atoms with Gasteiger partial charge in [-0.25, -0.2) is 4.79 Å². The van der Waals surface area contributed by atoms with Gasteiger partial charge in [0.15, 0.2) is 5.78 Å². The van der Waals surface area contributed by atoms with Crippen LogP contribution in [-0.4, -0.2) is 17.9 Å². The average Bonchev–Trinajstić information content (AvgIpc) is 3.18. The molecule has 1 saturated carbocycles. The van der Waals surface area contributed by atoms with Crippen molar-refractivity contribution in [3.8, 4) is 0 Å². The number of rotatable bonds is 3. The summed E-state index contributed by atoms with van der Waals surface area (Å²) in [5, 5.41) is 3.17. The molecule has 1 unspecified atom stereocenters. The highest BCUT2D eigenvalue weighted by molar-refractivity contribution is 6.04. The van der Waals surface area contributed by atoms with E-state index < -0.39 is 23.6 Å². The number of alkyl halides is 3. The summed E-state index contributed by atoms with van der Waals surface area (Å²) in [5.74, 6) is -1.99. The molecular weight excluding hydrogens is 419 g/mol. The Balaban J connectivity index is 1.87. The Labute approximate surface area is 185 Å². The van der Waals surface area contributed by atoms with Crippen LogP contribution in [0.15, 0.2) is 46.8 Å². The second kappa shape index (κ2) is 8.09. The van der Waals surface area contributed by atoms with E-state index in [1.54, 1.807) is 6.92 Å². The predicted octanol–water partition coefficient (Wildman–Crippen LogP) is 5.80. The Morgan fingerprint density at radius 2 is 1.78 bits per heavy atom. The molecular formula is C25H28F3NO3. The summed E-state index contributed by atoms with van der Waals surface area (Å²) in [6, 6.07) is 5.21. The van der Waals surface area contributed by atoms with Gasteiger partial charge in [0.05, 0.1) is 11.1 Å². The van der Waals surface area contributed by atoms with Crippen LogP contribution < -0.4 is 5.32 Å². The first-order chi connectivity index (χ1) is 15.0. The third-order valence-electron chi connectivity index (χ3n) is 6.61. The van der Waals surface area contributed by atoms with Crippen LogP contribution in [0.3, 0.4) is 0 Å². The van der Waals surface area contributed by atoms with E-state index in [9.17, 15) is 22.8 Å². The summed E-state index contributed by atoms with van der Waals surface area (Å²) in [5.41, 5.74) is 0.155. The van der Waals surface area contributed by atoms with Crippen molar-refractivity contribution in [2.24, 2.45) is 5.41 Å². The number of hydrogen-bond donors (Lipinski definition) is 1. The fourth-order valence-corrected chi connectivity index (χ4v) is 5.25. The topological polar surface area (TPSA) is 55.4 Å². The lowest BCUT2D eigenvalue weighted by Gasteiger charge is -2.40. The quantitative estimate of drug-likeness (QED) is 0.596. The third-order valence-corrected chi connectivity index (χ3v) is 6.61. The number of Topliss-reactive ketones (excluding diaryl/α,β-unsaturated/α-hetero) is 1. The molecule has 1 fully saturated rings. The Kier molecular flexibility index (Phi) is 5.72. The highest BCUT2D eigenvalue weighted by Crippen LogP contribution is 2.49. The lowest BCUT2D eigenvalue weighted by Crippen LogP contribution is -2.39. The van der Waals surface area contributed by atoms with Crippen molar-refractivity contribution in [3.63, 3.8) is 0 Å². The Bertz CT molecular complexity index is 1010. The molecule has 0 radical (unpaired) electrons. The monoisotopic (exact) mass is 447 g/mol. The Morgan fingerprint density at radius 1 is 1.12 bits per heavy atom. The second-order valence-electron chi connectivity index (χ2n) is 9.83. The normalized spacial score (nSPS) is 23.8. The van der Waals surface area contributed by atoms with E-state index in [1.807, 2.05) is 13.8 Å². The van der Waals surface area contributed by atoms with Crippen molar-refractivity contribution < 1.29 is 27.5 Å². The summed E-state index contributed by atoms with van der Waals surface area (Å²) in [6.07, 6.45) is -0.726. The van der Waals surface area contributed by atoms with E-state index in [1.165, 1.54) is 18.2 Å².